The van der Waals surface area contributed by atoms with Crippen molar-refractivity contribution in [3.05, 3.63) is 65.7 Å². The van der Waals surface area contributed by atoms with Crippen molar-refractivity contribution in [2.75, 3.05) is 0 Å². The maximum absolute atomic E-state index is 9.71. The van der Waals surface area contributed by atoms with E-state index in [2.05, 4.69) is 0 Å². The van der Waals surface area contributed by atoms with Gasteiger partial charge in [-0.1, -0.05) is 48.5 Å². The van der Waals surface area contributed by atoms with Gasteiger partial charge in [0.1, 0.15) is 5.75 Å². The van der Waals surface area contributed by atoms with Crippen molar-refractivity contribution >= 4 is 5.71 Å². The van der Waals surface area contributed by atoms with E-state index in [1.165, 1.54) is 0 Å². The van der Waals surface area contributed by atoms with Crippen LogP contribution < -0.4 is 5.73 Å². The van der Waals surface area contributed by atoms with E-state index in [-0.39, 0.29) is 11.8 Å². The third-order valence-electron chi connectivity index (χ3n) is 2.88. The molecule has 0 amide bonds. The number of phenolic OH excluding ortho intramolecular Hbond substituents is 1. The maximum atomic E-state index is 9.71. The van der Waals surface area contributed by atoms with Crippen LogP contribution in [0.3, 0.4) is 0 Å². The highest BCUT2D eigenvalue weighted by Gasteiger charge is 2.13. The Kier molecular flexibility index (Phi) is 3.75. The van der Waals surface area contributed by atoms with Crippen molar-refractivity contribution in [3.63, 3.8) is 0 Å². The number of hydrogen-bond donors (Lipinski definition) is 3. The number of phenols is 1. The first-order valence-electron chi connectivity index (χ1n) is 5.85. The number of aromatic hydroxyl groups is 1. The van der Waals surface area contributed by atoms with Gasteiger partial charge in [-0.05, 0) is 11.6 Å². The maximum Gasteiger partial charge on any atom is 0.120 e. The molecule has 2 aromatic carbocycles. The topological polar surface area (TPSA) is 70.1 Å². The third kappa shape index (κ3) is 2.76. The number of nitrogens with one attached hydrogen (secondary N) is 1. The summed E-state index contributed by atoms with van der Waals surface area (Å²) in [5.74, 6) is 0.186. The van der Waals surface area contributed by atoms with Crippen LogP contribution in [0.15, 0.2) is 54.6 Å². The van der Waals surface area contributed by atoms with Crippen LogP contribution in [-0.2, 0) is 0 Å². The van der Waals surface area contributed by atoms with Gasteiger partial charge in [0, 0.05) is 23.7 Å². The van der Waals surface area contributed by atoms with Crippen LogP contribution in [0.5, 0.6) is 5.75 Å². The molecule has 0 aliphatic heterocycles. The molecule has 0 aromatic heterocycles. The predicted molar refractivity (Wildman–Crippen MR) is 72.9 cm³/mol. The fourth-order valence-corrected chi connectivity index (χ4v) is 1.89. The van der Waals surface area contributed by atoms with E-state index in [1.807, 2.05) is 36.4 Å². The fourth-order valence-electron chi connectivity index (χ4n) is 1.89. The highest BCUT2D eigenvalue weighted by atomic mass is 16.3. The summed E-state index contributed by atoms with van der Waals surface area (Å²) in [6.07, 6.45) is 0.404. The molecular weight excluding hydrogens is 224 g/mol. The molecule has 0 fully saturated rings. The average molecular weight is 240 g/mol. The van der Waals surface area contributed by atoms with Crippen LogP contribution in [0.4, 0.5) is 0 Å². The summed E-state index contributed by atoms with van der Waals surface area (Å²) in [6.45, 7) is 0. The monoisotopic (exact) mass is 240 g/mol. The van der Waals surface area contributed by atoms with Gasteiger partial charge >= 0.3 is 0 Å². The molecule has 0 aliphatic rings. The number of para-hydroxylation sites is 1. The first kappa shape index (κ1) is 12.3. The van der Waals surface area contributed by atoms with Crippen molar-refractivity contribution in [2.24, 2.45) is 5.73 Å². The second-order valence-corrected chi connectivity index (χ2v) is 4.21. The number of nitrogens with two attached hydrogens (primary N) is 1. The molecule has 2 rings (SSSR count). The van der Waals surface area contributed by atoms with Crippen molar-refractivity contribution in [1.29, 1.82) is 5.41 Å². The molecule has 18 heavy (non-hydrogen) atoms. The van der Waals surface area contributed by atoms with Crippen LogP contribution in [0, 0.1) is 5.41 Å². The highest BCUT2D eigenvalue weighted by molar-refractivity contribution is 5.98. The molecule has 2 aromatic rings. The number of hydrogen-bond acceptors (Lipinski definition) is 3. The molecule has 4 N–H and O–H groups in total. The zero-order valence-corrected chi connectivity index (χ0v) is 10.0. The summed E-state index contributed by atoms with van der Waals surface area (Å²) in [5.41, 5.74) is 8.05. The van der Waals surface area contributed by atoms with Crippen molar-refractivity contribution in [1.82, 2.24) is 0 Å². The zero-order chi connectivity index (χ0) is 13.0. The Hall–Kier alpha value is -2.13. The van der Waals surface area contributed by atoms with Gasteiger partial charge in [0.15, 0.2) is 0 Å². The second kappa shape index (κ2) is 5.47. The Labute approximate surface area is 106 Å². The van der Waals surface area contributed by atoms with Crippen molar-refractivity contribution in [3.8, 4) is 5.75 Å². The molecule has 0 heterocycles. The summed E-state index contributed by atoms with van der Waals surface area (Å²) < 4.78 is 0. The van der Waals surface area contributed by atoms with Gasteiger partial charge < -0.3 is 16.2 Å². The molecular formula is C15H16N2O. The minimum absolute atomic E-state index is 0.186. The number of benzene rings is 2. The van der Waals surface area contributed by atoms with Gasteiger partial charge in [-0.25, -0.2) is 0 Å². The molecule has 0 saturated heterocycles. The summed E-state index contributed by atoms with van der Waals surface area (Å²) >= 11 is 0. The van der Waals surface area contributed by atoms with Gasteiger partial charge in [0.25, 0.3) is 0 Å². The minimum Gasteiger partial charge on any atom is -0.508 e. The molecule has 0 radical (unpaired) electrons. The summed E-state index contributed by atoms with van der Waals surface area (Å²) in [4.78, 5) is 0. The normalized spacial score (nSPS) is 12.1. The predicted octanol–water partition coefficient (Wildman–Crippen LogP) is 2.85. The lowest BCUT2D eigenvalue weighted by atomic mass is 9.97. The van der Waals surface area contributed by atoms with Crippen molar-refractivity contribution < 1.29 is 5.11 Å². The van der Waals surface area contributed by atoms with E-state index in [4.69, 9.17) is 11.1 Å². The molecule has 3 heteroatoms. The van der Waals surface area contributed by atoms with Crippen LogP contribution in [0.1, 0.15) is 23.6 Å². The Balaban J connectivity index is 2.11. The lowest BCUT2D eigenvalue weighted by Gasteiger charge is -2.14. The van der Waals surface area contributed by atoms with Crippen molar-refractivity contribution in [2.45, 2.75) is 12.5 Å². The average Bonchev–Trinajstić information content (AvgIpc) is 2.40. The summed E-state index contributed by atoms with van der Waals surface area (Å²) in [6, 6.07) is 16.1. The Bertz CT molecular complexity index is 537. The number of rotatable bonds is 4. The van der Waals surface area contributed by atoms with Gasteiger partial charge in [-0.3, -0.25) is 0 Å². The van der Waals surface area contributed by atoms with Gasteiger partial charge in [0.2, 0.25) is 0 Å². The van der Waals surface area contributed by atoms with E-state index in [9.17, 15) is 5.11 Å². The minimum atomic E-state index is -0.362. The Morgan fingerprint density at radius 3 is 2.33 bits per heavy atom. The molecule has 1 atom stereocenters. The van der Waals surface area contributed by atoms with Gasteiger partial charge in [-0.2, -0.15) is 0 Å². The standard InChI is InChI=1S/C15H16N2O/c16-13(11-6-2-1-3-7-11)10-14(17)12-8-4-5-9-15(12)18/h1-9,14,16,18H,10,17H2. The quantitative estimate of drug-likeness (QED) is 0.719. The summed E-state index contributed by atoms with van der Waals surface area (Å²) in [7, 11) is 0. The van der Waals surface area contributed by atoms with Crippen LogP contribution >= 0.6 is 0 Å². The smallest absolute Gasteiger partial charge is 0.120 e. The molecule has 0 bridgehead atoms. The van der Waals surface area contributed by atoms with E-state index < -0.39 is 0 Å². The molecule has 3 nitrogen and oxygen atoms in total. The summed E-state index contributed by atoms with van der Waals surface area (Å²) in [5, 5.41) is 17.7. The molecule has 0 spiro atoms. The SMILES string of the molecule is N=C(CC(N)c1ccccc1O)c1ccccc1. The first-order valence-corrected chi connectivity index (χ1v) is 5.85. The molecule has 0 aliphatic carbocycles. The first-order chi connectivity index (χ1) is 8.68. The van der Waals surface area contributed by atoms with E-state index in [1.54, 1.807) is 18.2 Å². The van der Waals surface area contributed by atoms with E-state index in [0.29, 0.717) is 17.7 Å². The zero-order valence-electron chi connectivity index (χ0n) is 10.0. The van der Waals surface area contributed by atoms with Gasteiger partial charge in [0.05, 0.1) is 0 Å². The molecule has 92 valence electrons. The largest absolute Gasteiger partial charge is 0.508 e. The van der Waals surface area contributed by atoms with Crippen LogP contribution in [0.25, 0.3) is 0 Å². The highest BCUT2D eigenvalue weighted by Crippen LogP contribution is 2.25. The second-order valence-electron chi connectivity index (χ2n) is 4.21. The lowest BCUT2D eigenvalue weighted by molar-refractivity contribution is 0.462. The lowest BCUT2D eigenvalue weighted by Crippen LogP contribution is -2.15. The van der Waals surface area contributed by atoms with Crippen LogP contribution in [0.2, 0.25) is 0 Å². The van der Waals surface area contributed by atoms with E-state index in [0.717, 1.165) is 5.56 Å². The molecule has 0 saturated carbocycles. The molecule has 1 unspecified atom stereocenters. The Morgan fingerprint density at radius 1 is 1.06 bits per heavy atom. The fraction of sp³-hybridized carbons (Fsp3) is 0.133. The van der Waals surface area contributed by atoms with E-state index >= 15 is 0 Å². The van der Waals surface area contributed by atoms with Gasteiger partial charge in [-0.15, -0.1) is 0 Å². The Morgan fingerprint density at radius 2 is 1.67 bits per heavy atom. The third-order valence-corrected chi connectivity index (χ3v) is 2.88. The van der Waals surface area contributed by atoms with Crippen LogP contribution in [-0.4, -0.2) is 10.8 Å².